The van der Waals surface area contributed by atoms with E-state index >= 15 is 0 Å². The molecule has 1 aliphatic rings. The van der Waals surface area contributed by atoms with Crippen LogP contribution in [0.5, 0.6) is 0 Å². The summed E-state index contributed by atoms with van der Waals surface area (Å²) in [6.45, 7) is 7.59. The molecular formula is C14H25N3O. The van der Waals surface area contributed by atoms with Crippen LogP contribution in [0.15, 0.2) is 18.5 Å². The van der Waals surface area contributed by atoms with Gasteiger partial charge in [-0.15, -0.1) is 0 Å². The normalized spacial score (nSPS) is 21.3. The van der Waals surface area contributed by atoms with Crippen LogP contribution in [0, 0.1) is 0 Å². The average molecular weight is 251 g/mol. The lowest BCUT2D eigenvalue weighted by Gasteiger charge is -2.32. The molecule has 0 aliphatic carbocycles. The predicted octanol–water partition coefficient (Wildman–Crippen LogP) is 2.16. The summed E-state index contributed by atoms with van der Waals surface area (Å²) in [6, 6.07) is 1.98. The van der Waals surface area contributed by atoms with Crippen LogP contribution < -0.4 is 0 Å². The standard InChI is InChI=1S/C14H25N3O/c1-2-12-18-14-6-3-8-16(13-14)9-5-11-17-10-4-7-15-17/h4,7,10,14H,2-3,5-6,8-9,11-13H2,1H3. The Hall–Kier alpha value is -0.870. The van der Waals surface area contributed by atoms with Crippen molar-refractivity contribution in [2.75, 3.05) is 26.2 Å². The molecule has 1 aromatic rings. The Labute approximate surface area is 110 Å². The number of likely N-dealkylation sites (tertiary alicyclic amines) is 1. The maximum Gasteiger partial charge on any atom is 0.0702 e. The van der Waals surface area contributed by atoms with Crippen molar-refractivity contribution in [2.45, 2.75) is 45.3 Å². The molecule has 0 spiro atoms. The van der Waals surface area contributed by atoms with Crippen LogP contribution in [-0.2, 0) is 11.3 Å². The molecule has 0 N–H and O–H groups in total. The molecule has 0 saturated carbocycles. The van der Waals surface area contributed by atoms with Gasteiger partial charge in [0.1, 0.15) is 0 Å². The van der Waals surface area contributed by atoms with E-state index in [1.807, 2.05) is 23.1 Å². The summed E-state index contributed by atoms with van der Waals surface area (Å²) in [4.78, 5) is 2.54. The number of hydrogen-bond acceptors (Lipinski definition) is 3. The Morgan fingerprint density at radius 2 is 2.33 bits per heavy atom. The van der Waals surface area contributed by atoms with Gasteiger partial charge in [0.05, 0.1) is 6.10 Å². The van der Waals surface area contributed by atoms with Crippen LogP contribution in [-0.4, -0.2) is 47.0 Å². The highest BCUT2D eigenvalue weighted by atomic mass is 16.5. The smallest absolute Gasteiger partial charge is 0.0702 e. The third-order valence-electron chi connectivity index (χ3n) is 3.44. The van der Waals surface area contributed by atoms with Crippen LogP contribution in [0.2, 0.25) is 0 Å². The van der Waals surface area contributed by atoms with E-state index in [2.05, 4.69) is 16.9 Å². The minimum Gasteiger partial charge on any atom is -0.377 e. The molecule has 1 aromatic heterocycles. The fourth-order valence-electron chi connectivity index (χ4n) is 2.53. The number of hydrogen-bond donors (Lipinski definition) is 0. The summed E-state index contributed by atoms with van der Waals surface area (Å²) in [5.41, 5.74) is 0. The minimum atomic E-state index is 0.461. The molecule has 2 rings (SSSR count). The first-order valence-electron chi connectivity index (χ1n) is 7.20. The van der Waals surface area contributed by atoms with E-state index in [0.29, 0.717) is 6.10 Å². The zero-order valence-electron chi connectivity index (χ0n) is 11.4. The van der Waals surface area contributed by atoms with Crippen molar-refractivity contribution in [1.29, 1.82) is 0 Å². The quantitative estimate of drug-likeness (QED) is 0.744. The lowest BCUT2D eigenvalue weighted by molar-refractivity contribution is -0.000511. The highest BCUT2D eigenvalue weighted by molar-refractivity contribution is 4.78. The van der Waals surface area contributed by atoms with Gasteiger partial charge in [0.2, 0.25) is 0 Å². The van der Waals surface area contributed by atoms with Crippen molar-refractivity contribution in [3.63, 3.8) is 0 Å². The van der Waals surface area contributed by atoms with Crippen molar-refractivity contribution in [3.05, 3.63) is 18.5 Å². The van der Waals surface area contributed by atoms with E-state index in [0.717, 1.165) is 32.7 Å². The van der Waals surface area contributed by atoms with Crippen molar-refractivity contribution < 1.29 is 4.74 Å². The van der Waals surface area contributed by atoms with E-state index in [9.17, 15) is 0 Å². The van der Waals surface area contributed by atoms with Crippen LogP contribution in [0.1, 0.15) is 32.6 Å². The topological polar surface area (TPSA) is 30.3 Å². The first-order chi connectivity index (χ1) is 8.88. The van der Waals surface area contributed by atoms with Crippen LogP contribution >= 0.6 is 0 Å². The summed E-state index contributed by atoms with van der Waals surface area (Å²) < 4.78 is 7.86. The van der Waals surface area contributed by atoms with Gasteiger partial charge in [-0.1, -0.05) is 6.92 Å². The molecule has 1 fully saturated rings. The molecule has 1 saturated heterocycles. The van der Waals surface area contributed by atoms with E-state index in [-0.39, 0.29) is 0 Å². The summed E-state index contributed by atoms with van der Waals surface area (Å²) in [5, 5.41) is 4.23. The maximum atomic E-state index is 5.86. The van der Waals surface area contributed by atoms with Crippen molar-refractivity contribution >= 4 is 0 Å². The van der Waals surface area contributed by atoms with Gasteiger partial charge in [-0.05, 0) is 44.8 Å². The summed E-state index contributed by atoms with van der Waals surface area (Å²) in [7, 11) is 0. The van der Waals surface area contributed by atoms with Gasteiger partial charge < -0.3 is 9.64 Å². The maximum absolute atomic E-state index is 5.86. The Kier molecular flexibility index (Phi) is 5.68. The minimum absolute atomic E-state index is 0.461. The number of piperidine rings is 1. The van der Waals surface area contributed by atoms with Gasteiger partial charge in [0.15, 0.2) is 0 Å². The SMILES string of the molecule is CCCOC1CCCN(CCCn2cccn2)C1. The molecular weight excluding hydrogens is 226 g/mol. The molecule has 1 unspecified atom stereocenters. The summed E-state index contributed by atoms with van der Waals surface area (Å²) >= 11 is 0. The van der Waals surface area contributed by atoms with Gasteiger partial charge in [-0.3, -0.25) is 4.68 Å². The average Bonchev–Trinajstić information content (AvgIpc) is 2.90. The molecule has 1 atom stereocenters. The van der Waals surface area contributed by atoms with Gasteiger partial charge in [-0.2, -0.15) is 5.10 Å². The number of aryl methyl sites for hydroxylation is 1. The van der Waals surface area contributed by atoms with Gasteiger partial charge in [0.25, 0.3) is 0 Å². The zero-order chi connectivity index (χ0) is 12.6. The Balaban J connectivity index is 1.63. The molecule has 102 valence electrons. The van der Waals surface area contributed by atoms with Gasteiger partial charge in [0, 0.05) is 32.1 Å². The van der Waals surface area contributed by atoms with Crippen LogP contribution in [0.4, 0.5) is 0 Å². The van der Waals surface area contributed by atoms with E-state index in [4.69, 9.17) is 4.74 Å². The molecule has 4 heteroatoms. The highest BCUT2D eigenvalue weighted by Gasteiger charge is 2.19. The fraction of sp³-hybridized carbons (Fsp3) is 0.786. The van der Waals surface area contributed by atoms with Crippen molar-refractivity contribution in [1.82, 2.24) is 14.7 Å². The van der Waals surface area contributed by atoms with E-state index in [1.165, 1.54) is 25.8 Å². The third-order valence-corrected chi connectivity index (χ3v) is 3.44. The molecule has 18 heavy (non-hydrogen) atoms. The van der Waals surface area contributed by atoms with Crippen LogP contribution in [0.3, 0.4) is 0 Å². The molecule has 0 aromatic carbocycles. The first kappa shape index (κ1) is 13.6. The van der Waals surface area contributed by atoms with E-state index < -0.39 is 0 Å². The van der Waals surface area contributed by atoms with Crippen molar-refractivity contribution in [2.24, 2.45) is 0 Å². The number of nitrogens with zero attached hydrogens (tertiary/aromatic N) is 3. The molecule has 2 heterocycles. The highest BCUT2D eigenvalue weighted by Crippen LogP contribution is 2.13. The lowest BCUT2D eigenvalue weighted by Crippen LogP contribution is -2.40. The number of aromatic nitrogens is 2. The zero-order valence-corrected chi connectivity index (χ0v) is 11.4. The Morgan fingerprint density at radius 1 is 1.39 bits per heavy atom. The Bertz CT molecular complexity index is 313. The van der Waals surface area contributed by atoms with Crippen molar-refractivity contribution in [3.8, 4) is 0 Å². The van der Waals surface area contributed by atoms with E-state index in [1.54, 1.807) is 0 Å². The summed E-state index contributed by atoms with van der Waals surface area (Å²) in [6.07, 6.45) is 9.13. The molecule has 0 amide bonds. The fourth-order valence-corrected chi connectivity index (χ4v) is 2.53. The molecule has 4 nitrogen and oxygen atoms in total. The largest absolute Gasteiger partial charge is 0.377 e. The molecule has 0 bridgehead atoms. The third kappa shape index (κ3) is 4.42. The van der Waals surface area contributed by atoms with Crippen LogP contribution in [0.25, 0.3) is 0 Å². The van der Waals surface area contributed by atoms with Gasteiger partial charge >= 0.3 is 0 Å². The second-order valence-electron chi connectivity index (χ2n) is 5.06. The number of rotatable bonds is 7. The second-order valence-corrected chi connectivity index (χ2v) is 5.06. The lowest BCUT2D eigenvalue weighted by atomic mass is 10.1. The van der Waals surface area contributed by atoms with Gasteiger partial charge in [-0.25, -0.2) is 0 Å². The molecule has 1 aliphatic heterocycles. The summed E-state index contributed by atoms with van der Waals surface area (Å²) in [5.74, 6) is 0. The molecule has 0 radical (unpaired) electrons. The Morgan fingerprint density at radius 3 is 3.11 bits per heavy atom. The predicted molar refractivity (Wildman–Crippen MR) is 72.5 cm³/mol. The first-order valence-corrected chi connectivity index (χ1v) is 7.20. The monoisotopic (exact) mass is 251 g/mol. The second kappa shape index (κ2) is 7.54. The number of ether oxygens (including phenoxy) is 1.